The van der Waals surface area contributed by atoms with E-state index >= 15 is 0 Å². The summed E-state index contributed by atoms with van der Waals surface area (Å²) in [6.45, 7) is 1.97. The molecule has 0 aliphatic carbocycles. The third kappa shape index (κ3) is 2.68. The van der Waals surface area contributed by atoms with Crippen LogP contribution < -0.4 is 5.32 Å². The lowest BCUT2D eigenvalue weighted by Gasteiger charge is -2.09. The quantitative estimate of drug-likeness (QED) is 0.692. The zero-order valence-electron chi connectivity index (χ0n) is 10.4. The first-order valence-corrected chi connectivity index (χ1v) is 7.06. The smallest absolute Gasteiger partial charge is 0.152 e. The Morgan fingerprint density at radius 3 is 2.21 bits per heavy atom. The van der Waals surface area contributed by atoms with Crippen molar-refractivity contribution < 1.29 is 0 Å². The molecule has 0 atom stereocenters. The second kappa shape index (κ2) is 5.13. The normalized spacial score (nSPS) is 10.6. The van der Waals surface area contributed by atoms with Crippen LogP contribution in [-0.2, 0) is 0 Å². The van der Waals surface area contributed by atoms with E-state index < -0.39 is 0 Å². The third-order valence-electron chi connectivity index (χ3n) is 2.85. The first-order valence-electron chi connectivity index (χ1n) is 5.98. The summed E-state index contributed by atoms with van der Waals surface area (Å²) in [6, 6.07) is 16.1. The van der Waals surface area contributed by atoms with Gasteiger partial charge in [-0.25, -0.2) is 9.97 Å². The van der Waals surface area contributed by atoms with E-state index in [2.05, 4.69) is 50.0 Å². The molecule has 2 aromatic carbocycles. The third-order valence-corrected chi connectivity index (χ3v) is 3.57. The molecule has 3 aromatic rings. The van der Waals surface area contributed by atoms with Gasteiger partial charge in [0.05, 0.1) is 16.7 Å². The van der Waals surface area contributed by atoms with Crippen LogP contribution in [0.3, 0.4) is 0 Å². The molecule has 3 nitrogen and oxygen atoms in total. The number of nitrogens with one attached hydrogen (secondary N) is 1. The molecular weight excluding hydrogens is 349 g/mol. The van der Waals surface area contributed by atoms with Crippen molar-refractivity contribution in [2.24, 2.45) is 0 Å². The fraction of sp³-hybridized carbons (Fsp3) is 0.0667. The lowest BCUT2D eigenvalue weighted by molar-refractivity contribution is 1.18. The minimum Gasteiger partial charge on any atom is -0.339 e. The van der Waals surface area contributed by atoms with Gasteiger partial charge in [-0.3, -0.25) is 0 Å². The molecule has 0 saturated carbocycles. The number of rotatable bonds is 2. The van der Waals surface area contributed by atoms with E-state index in [0.717, 1.165) is 28.2 Å². The first-order chi connectivity index (χ1) is 9.22. The van der Waals surface area contributed by atoms with Gasteiger partial charge in [-0.2, -0.15) is 0 Å². The number of hydrogen-bond acceptors (Lipinski definition) is 3. The van der Waals surface area contributed by atoms with Crippen LogP contribution in [0.25, 0.3) is 11.0 Å². The number of benzene rings is 2. The number of nitrogens with zero attached hydrogens (tertiary/aromatic N) is 2. The van der Waals surface area contributed by atoms with Crippen LogP contribution in [0.15, 0.2) is 48.5 Å². The zero-order valence-corrected chi connectivity index (χ0v) is 12.5. The van der Waals surface area contributed by atoms with Crippen LogP contribution >= 0.6 is 22.6 Å². The van der Waals surface area contributed by atoms with Crippen molar-refractivity contribution in [1.82, 2.24) is 9.97 Å². The average Bonchev–Trinajstić information content (AvgIpc) is 2.42. The minimum absolute atomic E-state index is 0.805. The molecule has 0 amide bonds. The number of fused-ring (bicyclic) bond motifs is 1. The Morgan fingerprint density at radius 1 is 0.895 bits per heavy atom. The molecule has 0 spiro atoms. The monoisotopic (exact) mass is 361 g/mol. The number of hydrogen-bond donors (Lipinski definition) is 1. The Kier molecular flexibility index (Phi) is 3.33. The van der Waals surface area contributed by atoms with E-state index in [1.54, 1.807) is 0 Å². The standard InChI is InChI=1S/C15H12IN3/c1-10-15(18-12-8-6-11(16)7-9-12)19-14-5-3-2-4-13(14)17-10/h2-9H,1H3,(H,18,19). The van der Waals surface area contributed by atoms with Crippen molar-refractivity contribution >= 4 is 45.1 Å². The maximum Gasteiger partial charge on any atom is 0.152 e. The molecule has 0 saturated heterocycles. The van der Waals surface area contributed by atoms with Crippen molar-refractivity contribution in [2.75, 3.05) is 5.32 Å². The molecule has 19 heavy (non-hydrogen) atoms. The van der Waals surface area contributed by atoms with Crippen molar-refractivity contribution in [1.29, 1.82) is 0 Å². The topological polar surface area (TPSA) is 37.8 Å². The van der Waals surface area contributed by atoms with Gasteiger partial charge in [0.1, 0.15) is 0 Å². The SMILES string of the molecule is Cc1nc2ccccc2nc1Nc1ccc(I)cc1. The summed E-state index contributed by atoms with van der Waals surface area (Å²) in [5.74, 6) is 0.805. The summed E-state index contributed by atoms with van der Waals surface area (Å²) in [7, 11) is 0. The van der Waals surface area contributed by atoms with Crippen LogP contribution in [-0.4, -0.2) is 9.97 Å². The molecule has 94 valence electrons. The molecule has 1 N–H and O–H groups in total. The molecule has 0 aliphatic rings. The second-order valence-electron chi connectivity index (χ2n) is 4.28. The number of anilines is 2. The highest BCUT2D eigenvalue weighted by atomic mass is 127. The average molecular weight is 361 g/mol. The number of para-hydroxylation sites is 2. The molecule has 0 radical (unpaired) electrons. The molecular formula is C15H12IN3. The van der Waals surface area contributed by atoms with Gasteiger partial charge < -0.3 is 5.32 Å². The van der Waals surface area contributed by atoms with Crippen LogP contribution in [0.5, 0.6) is 0 Å². The summed E-state index contributed by atoms with van der Waals surface area (Å²) in [4.78, 5) is 9.18. The van der Waals surface area contributed by atoms with Crippen molar-refractivity contribution in [3.8, 4) is 0 Å². The van der Waals surface area contributed by atoms with Crippen LogP contribution in [0.1, 0.15) is 5.69 Å². The summed E-state index contributed by atoms with van der Waals surface area (Å²) in [6.07, 6.45) is 0. The van der Waals surface area contributed by atoms with Crippen LogP contribution in [0.2, 0.25) is 0 Å². The van der Waals surface area contributed by atoms with E-state index in [1.807, 2.05) is 43.3 Å². The largest absolute Gasteiger partial charge is 0.339 e. The fourth-order valence-corrected chi connectivity index (χ4v) is 2.24. The number of halogens is 1. The van der Waals surface area contributed by atoms with Gasteiger partial charge in [-0.1, -0.05) is 12.1 Å². The maximum atomic E-state index is 4.62. The predicted octanol–water partition coefficient (Wildman–Crippen LogP) is 4.29. The molecule has 0 fully saturated rings. The highest BCUT2D eigenvalue weighted by molar-refractivity contribution is 14.1. The Balaban J connectivity index is 2.00. The molecule has 1 aromatic heterocycles. The maximum absolute atomic E-state index is 4.62. The van der Waals surface area contributed by atoms with Gasteiger partial charge in [-0.15, -0.1) is 0 Å². The van der Waals surface area contributed by atoms with Crippen LogP contribution in [0.4, 0.5) is 11.5 Å². The first kappa shape index (κ1) is 12.3. The second-order valence-corrected chi connectivity index (χ2v) is 5.52. The lowest BCUT2D eigenvalue weighted by atomic mass is 10.2. The van der Waals surface area contributed by atoms with E-state index in [9.17, 15) is 0 Å². The van der Waals surface area contributed by atoms with Crippen molar-refractivity contribution in [2.45, 2.75) is 6.92 Å². The minimum atomic E-state index is 0.805. The van der Waals surface area contributed by atoms with Gasteiger partial charge in [0, 0.05) is 9.26 Å². The predicted molar refractivity (Wildman–Crippen MR) is 86.7 cm³/mol. The summed E-state index contributed by atoms with van der Waals surface area (Å²) in [5.41, 5.74) is 3.75. The molecule has 4 heteroatoms. The Morgan fingerprint density at radius 2 is 1.53 bits per heavy atom. The highest BCUT2D eigenvalue weighted by Crippen LogP contribution is 2.21. The van der Waals surface area contributed by atoms with E-state index in [-0.39, 0.29) is 0 Å². The Labute approximate surface area is 125 Å². The van der Waals surface area contributed by atoms with Gasteiger partial charge in [0.2, 0.25) is 0 Å². The van der Waals surface area contributed by atoms with Gasteiger partial charge in [0.25, 0.3) is 0 Å². The van der Waals surface area contributed by atoms with Gasteiger partial charge in [0.15, 0.2) is 5.82 Å². The summed E-state index contributed by atoms with van der Waals surface area (Å²) >= 11 is 2.29. The number of aryl methyl sites for hydroxylation is 1. The summed E-state index contributed by atoms with van der Waals surface area (Å²) in [5, 5.41) is 3.31. The van der Waals surface area contributed by atoms with Crippen LogP contribution in [0, 0.1) is 10.5 Å². The van der Waals surface area contributed by atoms with Gasteiger partial charge in [-0.05, 0) is 65.9 Å². The zero-order chi connectivity index (χ0) is 13.2. The number of aromatic nitrogens is 2. The lowest BCUT2D eigenvalue weighted by Crippen LogP contribution is -1.99. The van der Waals surface area contributed by atoms with E-state index in [1.165, 1.54) is 3.57 Å². The molecule has 3 rings (SSSR count). The summed E-state index contributed by atoms with van der Waals surface area (Å²) < 4.78 is 1.21. The molecule has 0 aliphatic heterocycles. The molecule has 0 unspecified atom stereocenters. The van der Waals surface area contributed by atoms with Gasteiger partial charge >= 0.3 is 0 Å². The van der Waals surface area contributed by atoms with Crippen molar-refractivity contribution in [3.63, 3.8) is 0 Å². The fourth-order valence-electron chi connectivity index (χ4n) is 1.88. The Hall–Kier alpha value is -1.69. The van der Waals surface area contributed by atoms with Crippen molar-refractivity contribution in [3.05, 3.63) is 57.8 Å². The molecule has 1 heterocycles. The van der Waals surface area contributed by atoms with E-state index in [4.69, 9.17) is 0 Å². The van der Waals surface area contributed by atoms with E-state index in [0.29, 0.717) is 0 Å². The molecule has 0 bridgehead atoms. The Bertz CT molecular complexity index is 723. The highest BCUT2D eigenvalue weighted by Gasteiger charge is 2.04.